The van der Waals surface area contributed by atoms with Gasteiger partial charge in [0.2, 0.25) is 0 Å². The molecule has 6 nitrogen and oxygen atoms in total. The highest BCUT2D eigenvalue weighted by Crippen LogP contribution is 2.35. The van der Waals surface area contributed by atoms with Gasteiger partial charge in [0.1, 0.15) is 18.2 Å². The number of hydrogen-bond donors (Lipinski definition) is 0. The highest BCUT2D eigenvalue weighted by molar-refractivity contribution is 5.93. The summed E-state index contributed by atoms with van der Waals surface area (Å²) in [4.78, 5) is 24.1. The number of imidazole rings is 1. The summed E-state index contributed by atoms with van der Waals surface area (Å²) in [7, 11) is 0. The number of benzene rings is 2. The minimum Gasteiger partial charge on any atom is -0.489 e. The molecule has 0 spiro atoms. The van der Waals surface area contributed by atoms with E-state index in [2.05, 4.69) is 16.8 Å². The second kappa shape index (κ2) is 10.4. The number of aryl methyl sites for hydroxylation is 1. The van der Waals surface area contributed by atoms with E-state index in [1.54, 1.807) is 25.3 Å². The standard InChI is InChI=1S/C29H26F2N4O2/c1-3-7-25(36)34-16-5-4-10-24(34)29-33-27(28-19(2)32-15-17-35(28)29)20-11-13-22(14-12-20)37-18-21-8-6-9-23(30)26(21)31/h6,8-9,11-15,17,24H,4-5,10,16,18H2,1-2H3. The van der Waals surface area contributed by atoms with Gasteiger partial charge < -0.3 is 9.64 Å². The van der Waals surface area contributed by atoms with Crippen LogP contribution in [0.15, 0.2) is 54.9 Å². The van der Waals surface area contributed by atoms with Crippen molar-refractivity contribution < 1.29 is 18.3 Å². The zero-order chi connectivity index (χ0) is 25.9. The minimum absolute atomic E-state index is 0.0876. The fourth-order valence-corrected chi connectivity index (χ4v) is 4.81. The number of amides is 1. The van der Waals surface area contributed by atoms with Crippen LogP contribution in [0.4, 0.5) is 8.78 Å². The first-order valence-electron chi connectivity index (χ1n) is 12.2. The van der Waals surface area contributed by atoms with E-state index >= 15 is 0 Å². The van der Waals surface area contributed by atoms with Crippen molar-refractivity contribution in [3.05, 3.63) is 83.6 Å². The maximum Gasteiger partial charge on any atom is 0.299 e. The van der Waals surface area contributed by atoms with Gasteiger partial charge in [0, 0.05) is 30.1 Å². The van der Waals surface area contributed by atoms with Crippen molar-refractivity contribution >= 4 is 11.4 Å². The lowest BCUT2D eigenvalue weighted by molar-refractivity contribution is -0.129. The average Bonchev–Trinajstić information content (AvgIpc) is 3.31. The predicted octanol–water partition coefficient (Wildman–Crippen LogP) is 5.64. The number of carbonyl (C=O) groups excluding carboxylic acids is 1. The molecule has 0 aliphatic carbocycles. The van der Waals surface area contributed by atoms with Crippen molar-refractivity contribution in [1.82, 2.24) is 19.3 Å². The Bertz CT molecular complexity index is 1520. The Labute approximate surface area is 213 Å². The molecule has 0 N–H and O–H groups in total. The molecule has 0 radical (unpaired) electrons. The Balaban J connectivity index is 1.47. The third kappa shape index (κ3) is 4.77. The van der Waals surface area contributed by atoms with Crippen LogP contribution in [0.5, 0.6) is 5.75 Å². The minimum atomic E-state index is -0.903. The third-order valence-electron chi connectivity index (χ3n) is 6.61. The molecular formula is C29H26F2N4O2. The van der Waals surface area contributed by atoms with Crippen LogP contribution in [0.3, 0.4) is 0 Å². The quantitative estimate of drug-likeness (QED) is 0.333. The van der Waals surface area contributed by atoms with Crippen LogP contribution in [0.25, 0.3) is 16.8 Å². The topological polar surface area (TPSA) is 59.7 Å². The number of halogens is 2. The number of fused-ring (bicyclic) bond motifs is 1. The monoisotopic (exact) mass is 500 g/mol. The summed E-state index contributed by atoms with van der Waals surface area (Å²) >= 11 is 0. The molecule has 1 fully saturated rings. The van der Waals surface area contributed by atoms with Crippen LogP contribution in [0.2, 0.25) is 0 Å². The summed E-state index contributed by atoms with van der Waals surface area (Å²) in [6.45, 7) is 4.15. The molecule has 188 valence electrons. The smallest absolute Gasteiger partial charge is 0.299 e. The maximum absolute atomic E-state index is 13.9. The van der Waals surface area contributed by atoms with Crippen LogP contribution >= 0.6 is 0 Å². The third-order valence-corrected chi connectivity index (χ3v) is 6.61. The van der Waals surface area contributed by atoms with Crippen molar-refractivity contribution in [2.24, 2.45) is 0 Å². The molecule has 5 rings (SSSR count). The van der Waals surface area contributed by atoms with Gasteiger partial charge in [-0.15, -0.1) is 0 Å². The molecule has 1 aliphatic heterocycles. The van der Waals surface area contributed by atoms with Crippen molar-refractivity contribution in [1.29, 1.82) is 0 Å². The zero-order valence-electron chi connectivity index (χ0n) is 20.7. The summed E-state index contributed by atoms with van der Waals surface area (Å²) in [5.41, 5.74) is 3.44. The molecular weight excluding hydrogens is 474 g/mol. The van der Waals surface area contributed by atoms with Crippen molar-refractivity contribution in [3.8, 4) is 28.8 Å². The van der Waals surface area contributed by atoms with E-state index in [-0.39, 0.29) is 24.1 Å². The number of rotatable bonds is 5. The van der Waals surface area contributed by atoms with Gasteiger partial charge in [0.25, 0.3) is 5.91 Å². The molecule has 0 saturated carbocycles. The lowest BCUT2D eigenvalue weighted by atomic mass is 10.0. The molecule has 0 bridgehead atoms. The van der Waals surface area contributed by atoms with Gasteiger partial charge >= 0.3 is 0 Å². The maximum atomic E-state index is 13.9. The lowest BCUT2D eigenvalue weighted by Gasteiger charge is -2.33. The number of aromatic nitrogens is 3. The lowest BCUT2D eigenvalue weighted by Crippen LogP contribution is -2.38. The summed E-state index contributed by atoms with van der Waals surface area (Å²) < 4.78 is 35.1. The number of piperidine rings is 1. The first-order valence-corrected chi connectivity index (χ1v) is 12.2. The first-order chi connectivity index (χ1) is 18.0. The van der Waals surface area contributed by atoms with Crippen LogP contribution in [-0.4, -0.2) is 31.7 Å². The van der Waals surface area contributed by atoms with E-state index in [9.17, 15) is 13.6 Å². The largest absolute Gasteiger partial charge is 0.489 e. The molecule has 8 heteroatoms. The molecule has 37 heavy (non-hydrogen) atoms. The summed E-state index contributed by atoms with van der Waals surface area (Å²) in [5.74, 6) is 4.71. The van der Waals surface area contributed by atoms with Gasteiger partial charge in [0.05, 0.1) is 22.9 Å². The van der Waals surface area contributed by atoms with Crippen molar-refractivity contribution in [2.75, 3.05) is 6.54 Å². The van der Waals surface area contributed by atoms with Crippen LogP contribution in [-0.2, 0) is 11.4 Å². The molecule has 1 saturated heterocycles. The number of carbonyl (C=O) groups is 1. The molecule has 1 unspecified atom stereocenters. The van der Waals surface area contributed by atoms with Crippen LogP contribution in [0, 0.1) is 30.4 Å². The molecule has 3 heterocycles. The number of nitrogens with zero attached hydrogens (tertiary/aromatic N) is 4. The first kappa shape index (κ1) is 24.4. The number of likely N-dealkylation sites (tertiary alicyclic amines) is 1. The Morgan fingerprint density at radius 3 is 2.76 bits per heavy atom. The average molecular weight is 501 g/mol. The van der Waals surface area contributed by atoms with Gasteiger partial charge in [-0.3, -0.25) is 14.2 Å². The molecule has 4 aromatic rings. The van der Waals surface area contributed by atoms with Gasteiger partial charge in [-0.1, -0.05) is 18.1 Å². The van der Waals surface area contributed by atoms with Gasteiger partial charge in [-0.25, -0.2) is 13.8 Å². The molecule has 2 aromatic carbocycles. The Morgan fingerprint density at radius 1 is 1.16 bits per heavy atom. The van der Waals surface area contributed by atoms with Crippen LogP contribution < -0.4 is 4.74 Å². The SMILES string of the molecule is CC#CC(=O)N1CCCCC1c1nc(-c2ccc(OCc3cccc(F)c3F)cc2)c2c(C)nccn12. The molecule has 1 amide bonds. The fourth-order valence-electron chi connectivity index (χ4n) is 4.81. The summed E-state index contributed by atoms with van der Waals surface area (Å²) in [6, 6.07) is 11.1. The van der Waals surface area contributed by atoms with E-state index in [1.165, 1.54) is 12.1 Å². The number of ether oxygens (including phenoxy) is 1. The van der Waals surface area contributed by atoms with Crippen LogP contribution in [0.1, 0.15) is 49.3 Å². The van der Waals surface area contributed by atoms with E-state index in [4.69, 9.17) is 9.72 Å². The second-order valence-corrected chi connectivity index (χ2v) is 8.96. The van der Waals surface area contributed by atoms with E-state index in [0.717, 1.165) is 53.6 Å². The zero-order valence-corrected chi connectivity index (χ0v) is 20.7. The predicted molar refractivity (Wildman–Crippen MR) is 136 cm³/mol. The fraction of sp³-hybridized carbons (Fsp3) is 0.276. The Kier molecular flexibility index (Phi) is 6.87. The normalized spacial score (nSPS) is 15.4. The summed E-state index contributed by atoms with van der Waals surface area (Å²) in [6.07, 6.45) is 6.36. The highest BCUT2D eigenvalue weighted by atomic mass is 19.2. The van der Waals surface area contributed by atoms with E-state index in [1.807, 2.05) is 34.6 Å². The second-order valence-electron chi connectivity index (χ2n) is 8.96. The molecule has 1 atom stereocenters. The van der Waals surface area contributed by atoms with Gasteiger partial charge in [-0.2, -0.15) is 0 Å². The van der Waals surface area contributed by atoms with Gasteiger partial charge in [-0.05, 0) is 69.4 Å². The van der Waals surface area contributed by atoms with Crippen molar-refractivity contribution in [2.45, 2.75) is 45.8 Å². The highest BCUT2D eigenvalue weighted by Gasteiger charge is 2.31. The molecule has 1 aliphatic rings. The van der Waals surface area contributed by atoms with Crippen molar-refractivity contribution in [3.63, 3.8) is 0 Å². The Hall–Kier alpha value is -4.25. The summed E-state index contributed by atoms with van der Waals surface area (Å²) in [5, 5.41) is 0. The van der Waals surface area contributed by atoms with Gasteiger partial charge in [0.15, 0.2) is 11.6 Å². The number of hydrogen-bond acceptors (Lipinski definition) is 4. The molecule has 2 aromatic heterocycles. The Morgan fingerprint density at radius 2 is 1.97 bits per heavy atom. The van der Waals surface area contributed by atoms with E-state index in [0.29, 0.717) is 12.3 Å². The van der Waals surface area contributed by atoms with E-state index < -0.39 is 11.6 Å².